The van der Waals surface area contributed by atoms with Crippen LogP contribution < -0.4 is 0 Å². The predicted molar refractivity (Wildman–Crippen MR) is 100 cm³/mol. The van der Waals surface area contributed by atoms with Crippen LogP contribution in [0.3, 0.4) is 0 Å². The fraction of sp³-hybridized carbons (Fsp3) is 0.250. The Morgan fingerprint density at radius 2 is 1.81 bits per heavy atom. The molecule has 2 heterocycles. The highest BCUT2D eigenvalue weighted by Crippen LogP contribution is 2.38. The van der Waals surface area contributed by atoms with E-state index >= 15 is 0 Å². The molecule has 0 amide bonds. The van der Waals surface area contributed by atoms with Crippen molar-refractivity contribution in [1.82, 2.24) is 9.29 Å². The van der Waals surface area contributed by atoms with E-state index in [4.69, 9.17) is 0 Å². The molecule has 1 unspecified atom stereocenters. The van der Waals surface area contributed by atoms with Crippen LogP contribution in [0.15, 0.2) is 65.7 Å². The van der Waals surface area contributed by atoms with Gasteiger partial charge < -0.3 is 5.11 Å². The molecule has 1 saturated heterocycles. The minimum atomic E-state index is -3.72. The maximum absolute atomic E-state index is 13.5. The molecule has 134 valence electrons. The monoisotopic (exact) mass is 368 g/mol. The number of rotatable bonds is 3. The van der Waals surface area contributed by atoms with Gasteiger partial charge in [-0.15, -0.1) is 0 Å². The molecular formula is C20H20N2O3S. The van der Waals surface area contributed by atoms with Gasteiger partial charge in [0.15, 0.2) is 0 Å². The molecule has 6 heteroatoms. The van der Waals surface area contributed by atoms with Gasteiger partial charge in [-0.1, -0.05) is 36.8 Å². The molecule has 0 bridgehead atoms. The summed E-state index contributed by atoms with van der Waals surface area (Å²) in [5, 5.41) is 10.5. The van der Waals surface area contributed by atoms with Gasteiger partial charge in [-0.25, -0.2) is 8.42 Å². The van der Waals surface area contributed by atoms with Crippen LogP contribution in [0, 0.1) is 0 Å². The molecule has 0 saturated carbocycles. The van der Waals surface area contributed by atoms with E-state index in [9.17, 15) is 13.5 Å². The minimum absolute atomic E-state index is 0.0159. The lowest BCUT2D eigenvalue weighted by atomic mass is 9.98. The number of aromatic nitrogens is 1. The van der Waals surface area contributed by atoms with Crippen molar-refractivity contribution in [2.45, 2.75) is 30.2 Å². The second kappa shape index (κ2) is 6.70. The molecule has 26 heavy (non-hydrogen) atoms. The first-order chi connectivity index (χ1) is 12.6. The molecule has 5 nitrogen and oxygen atoms in total. The molecule has 1 fully saturated rings. The third-order valence-electron chi connectivity index (χ3n) is 4.93. The van der Waals surface area contributed by atoms with E-state index in [1.54, 1.807) is 22.6 Å². The van der Waals surface area contributed by atoms with Gasteiger partial charge in [0, 0.05) is 18.1 Å². The second-order valence-corrected chi connectivity index (χ2v) is 8.38. The zero-order valence-corrected chi connectivity index (χ0v) is 15.1. The molecule has 1 N–H and O–H groups in total. The Hall–Kier alpha value is -2.44. The zero-order valence-electron chi connectivity index (χ0n) is 14.2. The Balaban J connectivity index is 1.84. The van der Waals surface area contributed by atoms with Crippen molar-refractivity contribution >= 4 is 20.9 Å². The van der Waals surface area contributed by atoms with Gasteiger partial charge in [0.1, 0.15) is 11.3 Å². The highest BCUT2D eigenvalue weighted by atomic mass is 32.2. The molecule has 3 aromatic rings. The molecule has 2 aromatic carbocycles. The van der Waals surface area contributed by atoms with Crippen LogP contribution >= 0.6 is 0 Å². The third kappa shape index (κ3) is 2.85. The van der Waals surface area contributed by atoms with Crippen molar-refractivity contribution < 1.29 is 13.5 Å². The molecule has 1 aromatic heterocycles. The molecule has 1 atom stereocenters. The first-order valence-corrected chi connectivity index (χ1v) is 10.2. The highest BCUT2D eigenvalue weighted by Gasteiger charge is 2.35. The number of pyridine rings is 1. The minimum Gasteiger partial charge on any atom is -0.506 e. The van der Waals surface area contributed by atoms with Crippen LogP contribution in [0.2, 0.25) is 0 Å². The van der Waals surface area contributed by atoms with Gasteiger partial charge >= 0.3 is 0 Å². The average molecular weight is 368 g/mol. The summed E-state index contributed by atoms with van der Waals surface area (Å²) in [6.45, 7) is 0.491. The van der Waals surface area contributed by atoms with Gasteiger partial charge in [-0.05, 0) is 42.7 Å². The van der Waals surface area contributed by atoms with E-state index in [1.807, 2.05) is 30.3 Å². The first-order valence-electron chi connectivity index (χ1n) is 8.72. The predicted octanol–water partition coefficient (Wildman–Crippen LogP) is 3.86. The number of phenolic OH excluding ortho intramolecular Hbond substituents is 1. The maximum atomic E-state index is 13.5. The van der Waals surface area contributed by atoms with E-state index in [-0.39, 0.29) is 16.7 Å². The smallest absolute Gasteiger partial charge is 0.244 e. The highest BCUT2D eigenvalue weighted by molar-refractivity contribution is 7.89. The number of hydrogen-bond acceptors (Lipinski definition) is 4. The number of sulfonamides is 1. The summed E-state index contributed by atoms with van der Waals surface area (Å²) in [5.74, 6) is -0.0159. The number of phenols is 1. The SMILES string of the molecule is O=S(=O)(c1ccc(O)c2ncccc12)N1CCCCC1c1ccccc1. The van der Waals surface area contributed by atoms with E-state index < -0.39 is 10.0 Å². The van der Waals surface area contributed by atoms with E-state index in [0.29, 0.717) is 17.4 Å². The normalized spacial score (nSPS) is 18.8. The fourth-order valence-electron chi connectivity index (χ4n) is 3.68. The second-order valence-electron chi connectivity index (χ2n) is 6.52. The molecule has 0 spiro atoms. The topological polar surface area (TPSA) is 70.5 Å². The van der Waals surface area contributed by atoms with Gasteiger partial charge in [0.25, 0.3) is 0 Å². The van der Waals surface area contributed by atoms with Crippen molar-refractivity contribution in [3.05, 3.63) is 66.4 Å². The van der Waals surface area contributed by atoms with Gasteiger partial charge in [-0.2, -0.15) is 4.31 Å². The summed E-state index contributed by atoms with van der Waals surface area (Å²) in [5.41, 5.74) is 1.32. The fourth-order valence-corrected chi connectivity index (χ4v) is 5.55. The standard InChI is InChI=1S/C20H20N2O3S/c23-18-11-12-19(16-9-6-13-21-20(16)18)26(24,25)22-14-5-4-10-17(22)15-7-2-1-3-8-15/h1-3,6-9,11-13,17,23H,4-5,10,14H2. The Kier molecular flexibility index (Phi) is 4.38. The van der Waals surface area contributed by atoms with Gasteiger partial charge in [-0.3, -0.25) is 4.98 Å². The van der Waals surface area contributed by atoms with Crippen molar-refractivity contribution in [1.29, 1.82) is 0 Å². The summed E-state index contributed by atoms with van der Waals surface area (Å²) in [4.78, 5) is 4.34. The van der Waals surface area contributed by atoms with Crippen molar-refractivity contribution in [2.24, 2.45) is 0 Å². The van der Waals surface area contributed by atoms with Crippen LogP contribution in [0.1, 0.15) is 30.9 Å². The van der Waals surface area contributed by atoms with Crippen LogP contribution in [-0.2, 0) is 10.0 Å². The summed E-state index contributed by atoms with van der Waals surface area (Å²) < 4.78 is 28.6. The number of hydrogen-bond donors (Lipinski definition) is 1. The number of fused-ring (bicyclic) bond motifs is 1. The maximum Gasteiger partial charge on any atom is 0.244 e. The van der Waals surface area contributed by atoms with Gasteiger partial charge in [0.2, 0.25) is 10.0 Å². The van der Waals surface area contributed by atoms with Crippen molar-refractivity contribution in [2.75, 3.05) is 6.54 Å². The number of piperidine rings is 1. The quantitative estimate of drug-likeness (QED) is 0.762. The van der Waals surface area contributed by atoms with Crippen LogP contribution in [0.5, 0.6) is 5.75 Å². The summed E-state index contributed by atoms with van der Waals surface area (Å²) in [7, 11) is -3.72. The Morgan fingerprint density at radius 1 is 1.00 bits per heavy atom. The van der Waals surface area contributed by atoms with Gasteiger partial charge in [0.05, 0.1) is 10.9 Å². The number of nitrogens with zero attached hydrogens (tertiary/aromatic N) is 2. The van der Waals surface area contributed by atoms with Crippen LogP contribution in [0.25, 0.3) is 10.9 Å². The summed E-state index contributed by atoms with van der Waals surface area (Å²) in [6.07, 6.45) is 4.20. The summed E-state index contributed by atoms with van der Waals surface area (Å²) >= 11 is 0. The van der Waals surface area contributed by atoms with E-state index in [1.165, 1.54) is 12.1 Å². The lowest BCUT2D eigenvalue weighted by Gasteiger charge is -2.35. The molecular weight excluding hydrogens is 348 g/mol. The van der Waals surface area contributed by atoms with Crippen molar-refractivity contribution in [3.8, 4) is 5.75 Å². The Morgan fingerprint density at radius 3 is 2.62 bits per heavy atom. The number of aromatic hydroxyl groups is 1. The first kappa shape index (κ1) is 17.0. The lowest BCUT2D eigenvalue weighted by Crippen LogP contribution is -2.38. The Labute approximate surface area is 153 Å². The average Bonchev–Trinajstić information content (AvgIpc) is 2.69. The molecule has 4 rings (SSSR count). The lowest BCUT2D eigenvalue weighted by molar-refractivity contribution is 0.256. The van der Waals surface area contributed by atoms with E-state index in [2.05, 4.69) is 4.98 Å². The summed E-state index contributed by atoms with van der Waals surface area (Å²) in [6, 6.07) is 15.9. The van der Waals surface area contributed by atoms with Crippen molar-refractivity contribution in [3.63, 3.8) is 0 Å². The molecule has 0 aliphatic carbocycles. The van der Waals surface area contributed by atoms with E-state index in [0.717, 1.165) is 24.8 Å². The molecule has 1 aliphatic heterocycles. The number of benzene rings is 2. The van der Waals surface area contributed by atoms with Crippen LogP contribution in [0.4, 0.5) is 0 Å². The molecule has 0 radical (unpaired) electrons. The van der Waals surface area contributed by atoms with Crippen LogP contribution in [-0.4, -0.2) is 29.4 Å². The zero-order chi connectivity index (χ0) is 18.1. The Bertz CT molecular complexity index is 1040. The molecule has 1 aliphatic rings. The largest absolute Gasteiger partial charge is 0.506 e. The third-order valence-corrected chi connectivity index (χ3v) is 6.90.